The quantitative estimate of drug-likeness (QED) is 0.452. The van der Waals surface area contributed by atoms with Gasteiger partial charge in [0.15, 0.2) is 11.5 Å². The molecule has 2 N–H and O–H groups in total. The average molecular weight is 380 g/mol. The van der Waals surface area contributed by atoms with E-state index >= 15 is 0 Å². The number of phenolic OH excluding ortho intramolecular Hbond substituents is 1. The summed E-state index contributed by atoms with van der Waals surface area (Å²) in [7, 11) is 2.91. The van der Waals surface area contributed by atoms with Gasteiger partial charge in [-0.25, -0.2) is 5.43 Å². The van der Waals surface area contributed by atoms with Crippen LogP contribution < -0.4 is 14.9 Å². The number of halogens is 1. The molecular weight excluding hydrogens is 366 g/mol. The first-order valence-corrected chi connectivity index (χ1v) is 7.47. The molecule has 0 unspecified atom stereocenters. The highest BCUT2D eigenvalue weighted by molar-refractivity contribution is 6.31. The number of carbonyl (C=O) groups is 1. The Balaban J connectivity index is 2.18. The van der Waals surface area contributed by atoms with Gasteiger partial charge in [0.2, 0.25) is 5.75 Å². The number of nitrogens with zero attached hydrogens (tertiary/aromatic N) is 2. The minimum atomic E-state index is -0.777. The monoisotopic (exact) mass is 379 g/mol. The third-order valence-electron chi connectivity index (χ3n) is 3.30. The maximum Gasteiger partial charge on any atom is 0.312 e. The van der Waals surface area contributed by atoms with E-state index in [1.807, 2.05) is 0 Å². The van der Waals surface area contributed by atoms with Crippen LogP contribution >= 0.6 is 11.6 Å². The minimum Gasteiger partial charge on any atom is -0.502 e. The van der Waals surface area contributed by atoms with Crippen molar-refractivity contribution in [1.29, 1.82) is 0 Å². The zero-order valence-electron chi connectivity index (χ0n) is 13.7. The maximum atomic E-state index is 12.1. The Bertz CT molecular complexity index is 885. The van der Waals surface area contributed by atoms with Crippen LogP contribution in [0.4, 0.5) is 5.69 Å². The number of nitro groups is 1. The van der Waals surface area contributed by atoms with Crippen LogP contribution in [0.3, 0.4) is 0 Å². The van der Waals surface area contributed by atoms with Crippen LogP contribution in [-0.2, 0) is 0 Å². The molecule has 10 heteroatoms. The van der Waals surface area contributed by atoms with E-state index in [1.54, 1.807) is 6.07 Å². The number of nitrogens with one attached hydrogen (secondary N) is 1. The number of nitro benzene ring substituents is 1. The van der Waals surface area contributed by atoms with Gasteiger partial charge < -0.3 is 14.6 Å². The SMILES string of the molecule is COc1ccc(C(=O)NN=Cc2cc(Cl)cc([N+](=O)[O-])c2O)cc1OC. The summed E-state index contributed by atoms with van der Waals surface area (Å²) in [6, 6.07) is 6.81. The minimum absolute atomic E-state index is 0.0168. The van der Waals surface area contributed by atoms with Crippen molar-refractivity contribution in [3.8, 4) is 17.2 Å². The van der Waals surface area contributed by atoms with E-state index in [9.17, 15) is 20.0 Å². The first kappa shape index (κ1) is 19.0. The van der Waals surface area contributed by atoms with Gasteiger partial charge >= 0.3 is 5.69 Å². The molecule has 0 aromatic heterocycles. The molecule has 0 radical (unpaired) electrons. The lowest BCUT2D eigenvalue weighted by Gasteiger charge is -2.08. The summed E-state index contributed by atoms with van der Waals surface area (Å²) in [5.74, 6) is -0.335. The van der Waals surface area contributed by atoms with Gasteiger partial charge in [0.25, 0.3) is 5.91 Å². The van der Waals surface area contributed by atoms with Crippen LogP contribution in [0.5, 0.6) is 17.2 Å². The predicted molar refractivity (Wildman–Crippen MR) is 94.4 cm³/mol. The van der Waals surface area contributed by atoms with Gasteiger partial charge in [-0.3, -0.25) is 14.9 Å². The molecule has 2 aromatic rings. The van der Waals surface area contributed by atoms with E-state index in [2.05, 4.69) is 10.5 Å². The van der Waals surface area contributed by atoms with Crippen LogP contribution in [-0.4, -0.2) is 36.4 Å². The number of hydrazone groups is 1. The van der Waals surface area contributed by atoms with Gasteiger partial charge in [-0.1, -0.05) is 11.6 Å². The van der Waals surface area contributed by atoms with Crippen LogP contribution in [0.2, 0.25) is 5.02 Å². The summed E-state index contributed by atoms with van der Waals surface area (Å²) in [6.07, 6.45) is 1.05. The summed E-state index contributed by atoms with van der Waals surface area (Å²) in [5, 5.41) is 24.4. The first-order chi connectivity index (χ1) is 12.4. The Morgan fingerprint density at radius 1 is 1.27 bits per heavy atom. The number of benzene rings is 2. The molecule has 0 saturated heterocycles. The van der Waals surface area contributed by atoms with Crippen molar-refractivity contribution in [2.75, 3.05) is 14.2 Å². The van der Waals surface area contributed by atoms with Gasteiger partial charge in [0, 0.05) is 22.2 Å². The summed E-state index contributed by atoms with van der Waals surface area (Å²) in [4.78, 5) is 22.2. The number of ether oxygens (including phenoxy) is 2. The molecular formula is C16H14ClN3O6. The zero-order chi connectivity index (χ0) is 19.3. The fourth-order valence-electron chi connectivity index (χ4n) is 2.05. The predicted octanol–water partition coefficient (Wildman–Crippen LogP) is 2.73. The van der Waals surface area contributed by atoms with E-state index in [0.29, 0.717) is 11.5 Å². The second-order valence-corrected chi connectivity index (χ2v) is 5.33. The van der Waals surface area contributed by atoms with Crippen LogP contribution in [0, 0.1) is 10.1 Å². The molecule has 2 rings (SSSR count). The summed E-state index contributed by atoms with van der Waals surface area (Å²) < 4.78 is 10.2. The molecule has 0 aliphatic carbocycles. The highest BCUT2D eigenvalue weighted by atomic mass is 35.5. The molecule has 0 bridgehead atoms. The number of phenols is 1. The second kappa shape index (κ2) is 8.17. The maximum absolute atomic E-state index is 12.1. The van der Waals surface area contributed by atoms with Gasteiger partial charge in [-0.05, 0) is 24.3 Å². The van der Waals surface area contributed by atoms with Crippen molar-refractivity contribution < 1.29 is 24.3 Å². The summed E-state index contributed by atoms with van der Waals surface area (Å²) in [5.41, 5.74) is 1.91. The molecule has 9 nitrogen and oxygen atoms in total. The number of carbonyl (C=O) groups excluding carboxylic acids is 1. The molecule has 0 aliphatic rings. The zero-order valence-corrected chi connectivity index (χ0v) is 14.5. The molecule has 2 aromatic carbocycles. The van der Waals surface area contributed by atoms with E-state index in [4.69, 9.17) is 21.1 Å². The molecule has 0 fully saturated rings. The van der Waals surface area contributed by atoms with Crippen molar-refractivity contribution in [2.45, 2.75) is 0 Å². The Hall–Kier alpha value is -3.33. The number of aromatic hydroxyl groups is 1. The first-order valence-electron chi connectivity index (χ1n) is 7.09. The van der Waals surface area contributed by atoms with Gasteiger partial charge in [-0.2, -0.15) is 5.10 Å². The highest BCUT2D eigenvalue weighted by Gasteiger charge is 2.18. The Morgan fingerprint density at radius 2 is 1.96 bits per heavy atom. The number of hydrogen-bond donors (Lipinski definition) is 2. The van der Waals surface area contributed by atoms with Crippen molar-refractivity contribution in [1.82, 2.24) is 5.43 Å². The molecule has 0 saturated carbocycles. The van der Waals surface area contributed by atoms with Gasteiger partial charge in [-0.15, -0.1) is 0 Å². The van der Waals surface area contributed by atoms with E-state index in [1.165, 1.54) is 32.4 Å². The Labute approximate surface area is 153 Å². The van der Waals surface area contributed by atoms with Crippen molar-refractivity contribution in [3.63, 3.8) is 0 Å². The van der Waals surface area contributed by atoms with E-state index < -0.39 is 22.3 Å². The third kappa shape index (κ3) is 4.19. The smallest absolute Gasteiger partial charge is 0.312 e. The Morgan fingerprint density at radius 3 is 2.58 bits per heavy atom. The molecule has 136 valence electrons. The molecule has 0 atom stereocenters. The average Bonchev–Trinajstić information content (AvgIpc) is 2.63. The Kier molecular flexibility index (Phi) is 5.97. The van der Waals surface area contributed by atoms with Crippen molar-refractivity contribution in [2.24, 2.45) is 5.10 Å². The number of amides is 1. The molecule has 0 heterocycles. The van der Waals surface area contributed by atoms with Crippen molar-refractivity contribution in [3.05, 3.63) is 56.6 Å². The number of rotatable bonds is 6. The van der Waals surface area contributed by atoms with Gasteiger partial charge in [0.1, 0.15) is 0 Å². The molecule has 26 heavy (non-hydrogen) atoms. The van der Waals surface area contributed by atoms with Crippen molar-refractivity contribution >= 4 is 29.4 Å². The number of methoxy groups -OCH3 is 2. The molecule has 0 spiro atoms. The van der Waals surface area contributed by atoms with E-state index in [0.717, 1.165) is 12.3 Å². The normalized spacial score (nSPS) is 10.6. The second-order valence-electron chi connectivity index (χ2n) is 4.89. The van der Waals surface area contributed by atoms with Crippen LogP contribution in [0.25, 0.3) is 0 Å². The lowest BCUT2D eigenvalue weighted by molar-refractivity contribution is -0.385. The fourth-order valence-corrected chi connectivity index (χ4v) is 2.27. The standard InChI is InChI=1S/C16H14ClN3O6/c1-25-13-4-3-9(6-14(13)26-2)16(22)19-18-8-10-5-11(17)7-12(15(10)21)20(23)24/h3-8,21H,1-2H3,(H,19,22). The third-order valence-corrected chi connectivity index (χ3v) is 3.51. The van der Waals surface area contributed by atoms with E-state index in [-0.39, 0.29) is 16.1 Å². The van der Waals surface area contributed by atoms with Gasteiger partial charge in [0.05, 0.1) is 25.4 Å². The summed E-state index contributed by atoms with van der Waals surface area (Å²) >= 11 is 5.78. The topological polar surface area (TPSA) is 123 Å². The molecule has 1 amide bonds. The van der Waals surface area contributed by atoms with Crippen LogP contribution in [0.1, 0.15) is 15.9 Å². The number of hydrogen-bond acceptors (Lipinski definition) is 7. The highest BCUT2D eigenvalue weighted by Crippen LogP contribution is 2.32. The largest absolute Gasteiger partial charge is 0.502 e. The van der Waals surface area contributed by atoms with Crippen LogP contribution in [0.15, 0.2) is 35.4 Å². The lowest BCUT2D eigenvalue weighted by atomic mass is 10.2. The molecule has 0 aliphatic heterocycles. The lowest BCUT2D eigenvalue weighted by Crippen LogP contribution is -2.17. The summed E-state index contributed by atoms with van der Waals surface area (Å²) in [6.45, 7) is 0. The fraction of sp³-hybridized carbons (Fsp3) is 0.125.